The van der Waals surface area contributed by atoms with Gasteiger partial charge in [0.2, 0.25) is 0 Å². The first-order valence-corrected chi connectivity index (χ1v) is 7.38. The molecular weight excluding hydrogens is 296 g/mol. The van der Waals surface area contributed by atoms with Crippen molar-refractivity contribution in [3.8, 4) is 11.5 Å². The van der Waals surface area contributed by atoms with Crippen LogP contribution in [-0.4, -0.2) is 39.5 Å². The minimum absolute atomic E-state index is 0.187. The molecule has 1 aromatic carbocycles. The molecule has 1 aliphatic rings. The summed E-state index contributed by atoms with van der Waals surface area (Å²) >= 11 is 0. The number of para-hydroxylation sites is 1. The molecule has 118 valence electrons. The van der Waals surface area contributed by atoms with Crippen LogP contribution in [-0.2, 0) is 4.79 Å². The number of benzene rings is 1. The van der Waals surface area contributed by atoms with Gasteiger partial charge in [0.15, 0.2) is 0 Å². The molecule has 1 atom stereocenters. The molecule has 1 amide bonds. The number of ether oxygens (including phenoxy) is 1. The third kappa shape index (κ3) is 3.31. The monoisotopic (exact) mass is 312 g/mol. The molecule has 0 spiro atoms. The largest absolute Gasteiger partial charge is 0.480 e. The van der Waals surface area contributed by atoms with Gasteiger partial charge < -0.3 is 14.7 Å². The van der Waals surface area contributed by atoms with Crippen LogP contribution < -0.4 is 4.74 Å². The predicted molar refractivity (Wildman–Crippen MR) is 82.4 cm³/mol. The quantitative estimate of drug-likeness (QED) is 0.938. The summed E-state index contributed by atoms with van der Waals surface area (Å²) in [7, 11) is 0. The minimum atomic E-state index is -0.979. The summed E-state index contributed by atoms with van der Waals surface area (Å²) in [6.07, 6.45) is 2.64. The molecular formula is C17H16N2O4. The Labute approximate surface area is 133 Å². The van der Waals surface area contributed by atoms with Gasteiger partial charge in [0.05, 0.1) is 0 Å². The van der Waals surface area contributed by atoms with E-state index in [9.17, 15) is 14.7 Å². The number of amides is 1. The Morgan fingerprint density at radius 3 is 2.70 bits per heavy atom. The van der Waals surface area contributed by atoms with Crippen molar-refractivity contribution < 1.29 is 19.4 Å². The van der Waals surface area contributed by atoms with E-state index < -0.39 is 12.0 Å². The van der Waals surface area contributed by atoms with Crippen molar-refractivity contribution in [1.82, 2.24) is 9.88 Å². The average Bonchev–Trinajstić information content (AvgIpc) is 3.05. The molecule has 0 bridgehead atoms. The first kappa shape index (κ1) is 15.0. The number of nitrogens with zero attached hydrogens (tertiary/aromatic N) is 2. The van der Waals surface area contributed by atoms with E-state index in [1.807, 2.05) is 30.3 Å². The Bertz CT molecular complexity index is 718. The highest BCUT2D eigenvalue weighted by Gasteiger charge is 2.34. The summed E-state index contributed by atoms with van der Waals surface area (Å²) < 4.78 is 5.68. The number of aromatic nitrogens is 1. The van der Waals surface area contributed by atoms with Gasteiger partial charge in [-0.15, -0.1) is 0 Å². The number of carbonyl (C=O) groups excluding carboxylic acids is 1. The lowest BCUT2D eigenvalue weighted by molar-refractivity contribution is -0.141. The fourth-order valence-corrected chi connectivity index (χ4v) is 2.63. The smallest absolute Gasteiger partial charge is 0.326 e. The van der Waals surface area contributed by atoms with Crippen molar-refractivity contribution in [1.29, 1.82) is 0 Å². The Morgan fingerprint density at radius 2 is 1.96 bits per heavy atom. The summed E-state index contributed by atoms with van der Waals surface area (Å²) in [6, 6.07) is 11.6. The Kier molecular flexibility index (Phi) is 4.23. The Balaban J connectivity index is 1.79. The fourth-order valence-electron chi connectivity index (χ4n) is 2.63. The molecule has 0 radical (unpaired) electrons. The van der Waals surface area contributed by atoms with Crippen molar-refractivity contribution in [2.24, 2.45) is 0 Å². The lowest BCUT2D eigenvalue weighted by atomic mass is 10.2. The summed E-state index contributed by atoms with van der Waals surface area (Å²) in [4.78, 5) is 29.1. The second-order valence-electron chi connectivity index (χ2n) is 5.29. The van der Waals surface area contributed by atoms with Crippen molar-refractivity contribution in [2.45, 2.75) is 18.9 Å². The van der Waals surface area contributed by atoms with Crippen LogP contribution in [0.1, 0.15) is 23.3 Å². The molecule has 6 nitrogen and oxygen atoms in total. The summed E-state index contributed by atoms with van der Waals surface area (Å²) in [5.41, 5.74) is 0.187. The molecule has 1 N–H and O–H groups in total. The maximum Gasteiger partial charge on any atom is 0.326 e. The van der Waals surface area contributed by atoms with Crippen LogP contribution in [0.15, 0.2) is 48.7 Å². The number of pyridine rings is 1. The number of hydrogen-bond donors (Lipinski definition) is 1. The molecule has 6 heteroatoms. The molecule has 1 saturated heterocycles. The van der Waals surface area contributed by atoms with Gasteiger partial charge >= 0.3 is 5.97 Å². The molecule has 2 aromatic rings. The molecule has 0 unspecified atom stereocenters. The second-order valence-corrected chi connectivity index (χ2v) is 5.29. The van der Waals surface area contributed by atoms with Crippen LogP contribution in [0.4, 0.5) is 0 Å². The topological polar surface area (TPSA) is 79.7 Å². The third-order valence-corrected chi connectivity index (χ3v) is 3.73. The van der Waals surface area contributed by atoms with E-state index in [0.29, 0.717) is 30.9 Å². The number of rotatable bonds is 4. The summed E-state index contributed by atoms with van der Waals surface area (Å²) in [5.74, 6) is -0.219. The zero-order valence-electron chi connectivity index (χ0n) is 12.4. The number of carboxylic acid groups (broad SMARTS) is 1. The van der Waals surface area contributed by atoms with Crippen LogP contribution in [0, 0.1) is 0 Å². The van der Waals surface area contributed by atoms with E-state index in [1.165, 1.54) is 17.2 Å². The molecule has 23 heavy (non-hydrogen) atoms. The van der Waals surface area contributed by atoms with Gasteiger partial charge in [-0.2, -0.15) is 0 Å². The zero-order valence-corrected chi connectivity index (χ0v) is 12.4. The number of hydrogen-bond acceptors (Lipinski definition) is 4. The number of carboxylic acids is 1. The maximum absolute atomic E-state index is 12.5. The summed E-state index contributed by atoms with van der Waals surface area (Å²) in [6.45, 7) is 0.432. The molecule has 2 heterocycles. The van der Waals surface area contributed by atoms with Gasteiger partial charge in [0.1, 0.15) is 23.2 Å². The Morgan fingerprint density at radius 1 is 1.17 bits per heavy atom. The minimum Gasteiger partial charge on any atom is -0.480 e. The third-order valence-electron chi connectivity index (χ3n) is 3.73. The van der Waals surface area contributed by atoms with E-state index in [-0.39, 0.29) is 11.6 Å². The van der Waals surface area contributed by atoms with Crippen molar-refractivity contribution in [2.75, 3.05) is 6.54 Å². The van der Waals surface area contributed by atoms with Gasteiger partial charge in [-0.1, -0.05) is 18.2 Å². The van der Waals surface area contributed by atoms with E-state index in [4.69, 9.17) is 4.74 Å². The lowest BCUT2D eigenvalue weighted by Gasteiger charge is -2.21. The van der Waals surface area contributed by atoms with Gasteiger partial charge in [-0.25, -0.2) is 4.79 Å². The lowest BCUT2D eigenvalue weighted by Crippen LogP contribution is -2.40. The first-order chi connectivity index (χ1) is 11.1. The van der Waals surface area contributed by atoms with Crippen LogP contribution >= 0.6 is 0 Å². The van der Waals surface area contributed by atoms with E-state index in [2.05, 4.69) is 4.98 Å². The highest BCUT2D eigenvalue weighted by molar-refractivity contribution is 5.95. The molecule has 1 aromatic heterocycles. The van der Waals surface area contributed by atoms with Gasteiger partial charge in [-0.3, -0.25) is 9.78 Å². The average molecular weight is 312 g/mol. The van der Waals surface area contributed by atoms with Crippen LogP contribution in [0.3, 0.4) is 0 Å². The molecule has 0 saturated carbocycles. The fraction of sp³-hybridized carbons (Fsp3) is 0.235. The van der Waals surface area contributed by atoms with Gasteiger partial charge in [0.25, 0.3) is 5.91 Å². The predicted octanol–water partition coefficient (Wildman–Crippen LogP) is 2.56. The van der Waals surface area contributed by atoms with Crippen molar-refractivity contribution in [3.63, 3.8) is 0 Å². The van der Waals surface area contributed by atoms with E-state index >= 15 is 0 Å². The van der Waals surface area contributed by atoms with Gasteiger partial charge in [0, 0.05) is 18.8 Å². The first-order valence-electron chi connectivity index (χ1n) is 7.38. The highest BCUT2D eigenvalue weighted by Crippen LogP contribution is 2.24. The highest BCUT2D eigenvalue weighted by atomic mass is 16.5. The van der Waals surface area contributed by atoms with E-state index in [1.54, 1.807) is 6.07 Å². The summed E-state index contributed by atoms with van der Waals surface area (Å²) in [5, 5.41) is 9.19. The number of carbonyl (C=O) groups is 2. The number of aliphatic carboxylic acids is 1. The van der Waals surface area contributed by atoms with E-state index in [0.717, 1.165) is 0 Å². The van der Waals surface area contributed by atoms with Crippen LogP contribution in [0.25, 0.3) is 0 Å². The maximum atomic E-state index is 12.5. The SMILES string of the molecule is O=C(O)[C@H]1CCCN1C(=O)c1cc(Oc2ccccc2)ccn1. The zero-order chi connectivity index (χ0) is 16.2. The molecule has 3 rings (SSSR count). The van der Waals surface area contributed by atoms with Crippen molar-refractivity contribution in [3.05, 3.63) is 54.4 Å². The molecule has 0 aliphatic carbocycles. The van der Waals surface area contributed by atoms with Gasteiger partial charge in [-0.05, 0) is 31.0 Å². The molecule has 1 fully saturated rings. The second kappa shape index (κ2) is 6.48. The number of likely N-dealkylation sites (tertiary alicyclic amines) is 1. The van der Waals surface area contributed by atoms with Crippen LogP contribution in [0.2, 0.25) is 0 Å². The van der Waals surface area contributed by atoms with Crippen molar-refractivity contribution >= 4 is 11.9 Å². The normalized spacial score (nSPS) is 17.0. The van der Waals surface area contributed by atoms with Crippen LogP contribution in [0.5, 0.6) is 11.5 Å². The standard InChI is InChI=1S/C17H16N2O4/c20-16(19-10-4-7-15(19)17(21)22)14-11-13(8-9-18-14)23-12-5-2-1-3-6-12/h1-3,5-6,8-9,11,15H,4,7,10H2,(H,21,22)/t15-/m1/s1. The molecule has 1 aliphatic heterocycles. The Hall–Kier alpha value is -2.89.